The van der Waals surface area contributed by atoms with Gasteiger partial charge in [0.2, 0.25) is 0 Å². The molecule has 0 N–H and O–H groups in total. The first-order valence-corrected chi connectivity index (χ1v) is 8.70. The second-order valence-corrected chi connectivity index (χ2v) is 6.88. The predicted molar refractivity (Wildman–Crippen MR) is 95.2 cm³/mol. The summed E-state index contributed by atoms with van der Waals surface area (Å²) >= 11 is 0. The van der Waals surface area contributed by atoms with E-state index in [-0.39, 0.29) is 0 Å². The number of hydrogen-bond acceptors (Lipinski definition) is 3. The molecule has 1 aromatic carbocycles. The van der Waals surface area contributed by atoms with Crippen LogP contribution in [0.1, 0.15) is 45.6 Å². The van der Waals surface area contributed by atoms with E-state index in [1.165, 1.54) is 37.3 Å². The number of anilines is 1. The third-order valence-electron chi connectivity index (χ3n) is 4.84. The minimum absolute atomic E-state index is 0.488. The van der Waals surface area contributed by atoms with Crippen molar-refractivity contribution in [2.24, 2.45) is 5.92 Å². The maximum atomic E-state index is 5.50. The quantitative estimate of drug-likeness (QED) is 0.790. The molecule has 0 bridgehead atoms. The van der Waals surface area contributed by atoms with Gasteiger partial charge in [0.15, 0.2) is 0 Å². The highest BCUT2D eigenvalue weighted by Gasteiger charge is 2.19. The van der Waals surface area contributed by atoms with E-state index < -0.39 is 0 Å². The van der Waals surface area contributed by atoms with Crippen molar-refractivity contribution in [1.82, 2.24) is 4.90 Å². The number of methoxy groups -OCH3 is 1. The number of ether oxygens (including phenoxy) is 1. The Bertz CT molecular complexity index is 465. The van der Waals surface area contributed by atoms with Crippen LogP contribution in [0.15, 0.2) is 18.2 Å². The van der Waals surface area contributed by atoms with Gasteiger partial charge in [-0.1, -0.05) is 34.1 Å². The molecule has 1 aliphatic heterocycles. The van der Waals surface area contributed by atoms with Gasteiger partial charge in [0, 0.05) is 38.4 Å². The highest BCUT2D eigenvalue weighted by Crippen LogP contribution is 2.31. The van der Waals surface area contributed by atoms with Gasteiger partial charge in [-0.2, -0.15) is 0 Å². The van der Waals surface area contributed by atoms with Gasteiger partial charge in [-0.15, -0.1) is 0 Å². The van der Waals surface area contributed by atoms with Crippen LogP contribution >= 0.6 is 0 Å². The van der Waals surface area contributed by atoms with Crippen molar-refractivity contribution in [3.63, 3.8) is 0 Å². The molecule has 1 aliphatic rings. The number of hydrogen-bond donors (Lipinski definition) is 0. The van der Waals surface area contributed by atoms with E-state index in [0.717, 1.165) is 24.8 Å². The monoisotopic (exact) mass is 304 g/mol. The summed E-state index contributed by atoms with van der Waals surface area (Å²) in [6.07, 6.45) is 1.27. The van der Waals surface area contributed by atoms with E-state index in [0.29, 0.717) is 5.92 Å². The Morgan fingerprint density at radius 2 is 1.77 bits per heavy atom. The largest absolute Gasteiger partial charge is 0.496 e. The zero-order valence-corrected chi connectivity index (χ0v) is 14.9. The van der Waals surface area contributed by atoms with Crippen molar-refractivity contribution in [2.75, 3.05) is 44.7 Å². The second kappa shape index (κ2) is 7.87. The van der Waals surface area contributed by atoms with Crippen molar-refractivity contribution < 1.29 is 4.74 Å². The lowest BCUT2D eigenvalue weighted by atomic mass is 10.0. The summed E-state index contributed by atoms with van der Waals surface area (Å²) in [5, 5.41) is 0. The number of piperazine rings is 1. The van der Waals surface area contributed by atoms with E-state index in [4.69, 9.17) is 4.74 Å². The Labute approximate surface area is 136 Å². The lowest BCUT2D eigenvalue weighted by Crippen LogP contribution is -2.47. The molecule has 0 spiro atoms. The average molecular weight is 304 g/mol. The molecule has 1 heterocycles. The van der Waals surface area contributed by atoms with Crippen molar-refractivity contribution in [2.45, 2.75) is 40.0 Å². The van der Waals surface area contributed by atoms with Crippen molar-refractivity contribution >= 4 is 5.69 Å². The molecule has 0 aromatic heterocycles. The van der Waals surface area contributed by atoms with E-state index in [9.17, 15) is 0 Å². The predicted octanol–water partition coefficient (Wildman–Crippen LogP) is 3.99. The average Bonchev–Trinajstić information content (AvgIpc) is 2.54. The highest BCUT2D eigenvalue weighted by molar-refractivity contribution is 5.54. The molecule has 0 amide bonds. The molecular formula is C19H32N2O. The Hall–Kier alpha value is -1.22. The van der Waals surface area contributed by atoms with E-state index >= 15 is 0 Å². The third-order valence-corrected chi connectivity index (χ3v) is 4.84. The first-order valence-electron chi connectivity index (χ1n) is 8.70. The summed E-state index contributed by atoms with van der Waals surface area (Å²) in [5.74, 6) is 2.30. The molecule has 0 radical (unpaired) electrons. The maximum absolute atomic E-state index is 5.50. The van der Waals surface area contributed by atoms with Crippen molar-refractivity contribution in [3.8, 4) is 5.75 Å². The summed E-state index contributed by atoms with van der Waals surface area (Å²) in [6, 6.07) is 6.64. The van der Waals surface area contributed by atoms with Gasteiger partial charge >= 0.3 is 0 Å². The fraction of sp³-hybridized carbons (Fsp3) is 0.684. The first-order chi connectivity index (χ1) is 10.5. The van der Waals surface area contributed by atoms with Gasteiger partial charge in [-0.3, -0.25) is 4.90 Å². The third kappa shape index (κ3) is 4.16. The van der Waals surface area contributed by atoms with E-state index in [1.54, 1.807) is 7.11 Å². The molecule has 1 aromatic rings. The van der Waals surface area contributed by atoms with Crippen LogP contribution in [0.2, 0.25) is 0 Å². The minimum atomic E-state index is 0.488. The number of benzene rings is 1. The lowest BCUT2D eigenvalue weighted by molar-refractivity contribution is 0.222. The summed E-state index contributed by atoms with van der Waals surface area (Å²) in [6.45, 7) is 14.9. The molecule has 0 saturated carbocycles. The molecule has 2 rings (SSSR count). The Morgan fingerprint density at radius 1 is 1.09 bits per heavy atom. The van der Waals surface area contributed by atoms with Crippen molar-refractivity contribution in [1.29, 1.82) is 0 Å². The fourth-order valence-corrected chi connectivity index (χ4v) is 3.13. The normalized spacial score (nSPS) is 17.8. The highest BCUT2D eigenvalue weighted by atomic mass is 16.5. The van der Waals surface area contributed by atoms with Crippen LogP contribution in [0, 0.1) is 5.92 Å². The number of rotatable bonds is 6. The Kier molecular flexibility index (Phi) is 6.13. The maximum Gasteiger partial charge on any atom is 0.122 e. The minimum Gasteiger partial charge on any atom is -0.496 e. The molecule has 1 unspecified atom stereocenters. The van der Waals surface area contributed by atoms with E-state index in [1.807, 2.05) is 0 Å². The zero-order chi connectivity index (χ0) is 16.1. The van der Waals surface area contributed by atoms with Crippen LogP contribution < -0.4 is 9.64 Å². The van der Waals surface area contributed by atoms with Crippen molar-refractivity contribution in [3.05, 3.63) is 23.8 Å². The molecule has 1 fully saturated rings. The van der Waals surface area contributed by atoms with Gasteiger partial charge in [0.05, 0.1) is 7.11 Å². The van der Waals surface area contributed by atoms with Gasteiger partial charge in [0.1, 0.15) is 5.75 Å². The molecule has 0 aliphatic carbocycles. The summed E-state index contributed by atoms with van der Waals surface area (Å²) < 4.78 is 5.50. The van der Waals surface area contributed by atoms with Gasteiger partial charge < -0.3 is 9.64 Å². The number of nitrogens with zero attached hydrogens (tertiary/aromatic N) is 2. The van der Waals surface area contributed by atoms with Gasteiger partial charge in [0.25, 0.3) is 0 Å². The molecular weight excluding hydrogens is 272 g/mol. The summed E-state index contributed by atoms with van der Waals surface area (Å²) in [5.41, 5.74) is 2.65. The van der Waals surface area contributed by atoms with Gasteiger partial charge in [-0.25, -0.2) is 0 Å². The Morgan fingerprint density at radius 3 is 2.32 bits per heavy atom. The zero-order valence-electron chi connectivity index (χ0n) is 14.9. The van der Waals surface area contributed by atoms with Crippen LogP contribution in [0.4, 0.5) is 5.69 Å². The standard InChI is InChI=1S/C19H32N2O/c1-6-16(4)14-20-9-11-21(12-10-20)17-7-8-19(22-5)18(13-17)15(2)3/h7-8,13,15-16H,6,9-12,14H2,1-5H3. The molecule has 1 atom stereocenters. The van der Waals surface area contributed by atoms with Crippen LogP contribution in [-0.2, 0) is 0 Å². The SMILES string of the molecule is CCC(C)CN1CCN(c2ccc(OC)c(C(C)C)c2)CC1. The smallest absolute Gasteiger partial charge is 0.122 e. The molecule has 1 saturated heterocycles. The molecule has 3 nitrogen and oxygen atoms in total. The fourth-order valence-electron chi connectivity index (χ4n) is 3.13. The van der Waals surface area contributed by atoms with Gasteiger partial charge in [-0.05, 0) is 35.6 Å². The first kappa shape index (κ1) is 17.1. The topological polar surface area (TPSA) is 15.7 Å². The van der Waals surface area contributed by atoms with Crippen LogP contribution in [0.5, 0.6) is 5.75 Å². The summed E-state index contributed by atoms with van der Waals surface area (Å²) in [7, 11) is 1.76. The molecule has 124 valence electrons. The molecule has 22 heavy (non-hydrogen) atoms. The van der Waals surface area contributed by atoms with Crippen LogP contribution in [-0.4, -0.2) is 44.7 Å². The lowest BCUT2D eigenvalue weighted by Gasteiger charge is -2.37. The van der Waals surface area contributed by atoms with E-state index in [2.05, 4.69) is 55.7 Å². The van der Waals surface area contributed by atoms with Crippen LogP contribution in [0.3, 0.4) is 0 Å². The second-order valence-electron chi connectivity index (χ2n) is 6.88. The van der Waals surface area contributed by atoms with Crippen LogP contribution in [0.25, 0.3) is 0 Å². The summed E-state index contributed by atoms with van der Waals surface area (Å²) in [4.78, 5) is 5.12. The Balaban J connectivity index is 2.00. The molecule has 3 heteroatoms.